The second kappa shape index (κ2) is 12.4. The minimum atomic E-state index is -0.125. The number of ether oxygens (including phenoxy) is 2. The van der Waals surface area contributed by atoms with Gasteiger partial charge in [-0.2, -0.15) is 6.07 Å². The fourth-order valence-electron chi connectivity index (χ4n) is 1.88. The van der Waals surface area contributed by atoms with E-state index in [0.717, 1.165) is 0 Å². The molecule has 1 N–H and O–H groups in total. The normalized spacial score (nSPS) is 10.0. The summed E-state index contributed by atoms with van der Waals surface area (Å²) in [6.07, 6.45) is 4.51. The van der Waals surface area contributed by atoms with Crippen molar-refractivity contribution in [3.63, 3.8) is 0 Å². The Kier molecular flexibility index (Phi) is 10.2. The van der Waals surface area contributed by atoms with Gasteiger partial charge in [0.1, 0.15) is 0 Å². The Bertz CT molecular complexity index is 826. The molecule has 2 heterocycles. The van der Waals surface area contributed by atoms with Gasteiger partial charge < -0.3 is 14.6 Å². The molecular formula is C21H19N2O4Pt-. The van der Waals surface area contributed by atoms with Crippen molar-refractivity contribution in [3.8, 4) is 23.3 Å². The third kappa shape index (κ3) is 9.10. The van der Waals surface area contributed by atoms with Gasteiger partial charge >= 0.3 is 0 Å². The quantitative estimate of drug-likeness (QED) is 0.273. The van der Waals surface area contributed by atoms with Crippen molar-refractivity contribution in [2.75, 3.05) is 0 Å². The minimum Gasteiger partial charge on any atom is -0.512 e. The second-order valence-corrected chi connectivity index (χ2v) is 5.32. The maximum atomic E-state index is 10.0. The molecule has 148 valence electrons. The number of carbonyl (C=O) groups excluding carboxylic acids is 1. The number of benzene rings is 1. The van der Waals surface area contributed by atoms with Gasteiger partial charge in [0.25, 0.3) is 0 Å². The maximum Gasteiger partial charge on any atom is 0.216 e. The first kappa shape index (κ1) is 23.1. The molecule has 0 radical (unpaired) electrons. The number of rotatable bonds is 5. The smallest absolute Gasteiger partial charge is 0.216 e. The molecule has 2 aromatic heterocycles. The van der Waals surface area contributed by atoms with Gasteiger partial charge in [-0.05, 0) is 26.0 Å². The zero-order chi connectivity index (χ0) is 19.5. The molecule has 0 atom stereocenters. The Morgan fingerprint density at radius 2 is 1.39 bits per heavy atom. The average molecular weight is 558 g/mol. The molecule has 0 aliphatic rings. The fourth-order valence-corrected chi connectivity index (χ4v) is 1.88. The number of hydrogen-bond donors (Lipinski definition) is 1. The van der Waals surface area contributed by atoms with Crippen molar-refractivity contribution in [3.05, 3.63) is 84.9 Å². The molecule has 0 saturated heterocycles. The van der Waals surface area contributed by atoms with Gasteiger partial charge in [-0.3, -0.25) is 4.79 Å². The van der Waals surface area contributed by atoms with Crippen LogP contribution in [-0.4, -0.2) is 20.9 Å². The molecule has 0 amide bonds. The van der Waals surface area contributed by atoms with Crippen molar-refractivity contribution in [1.29, 1.82) is 0 Å². The standard InChI is InChI=1S/C16H11N2O2.C5H8O2.Pt/c1-3-10-17-15(8-1)19-13-6-5-7-14(12-13)20-16-9-2-4-11-18-16;1-4(6)3-5(2)7;/h1-11H;3,6H,1-2H3;/q-1;;/b;4-3-;. The van der Waals surface area contributed by atoms with Gasteiger partial charge in [0.2, 0.25) is 11.8 Å². The summed E-state index contributed by atoms with van der Waals surface area (Å²) < 4.78 is 11.2. The van der Waals surface area contributed by atoms with Crippen molar-refractivity contribution in [2.45, 2.75) is 13.8 Å². The van der Waals surface area contributed by atoms with E-state index in [1.54, 1.807) is 36.7 Å². The number of pyridine rings is 2. The molecule has 0 bridgehead atoms. The van der Waals surface area contributed by atoms with Gasteiger partial charge in [0, 0.05) is 63.2 Å². The predicted octanol–water partition coefficient (Wildman–Crippen LogP) is 4.90. The molecule has 6 nitrogen and oxygen atoms in total. The predicted molar refractivity (Wildman–Crippen MR) is 101 cm³/mol. The minimum absolute atomic E-state index is 0. The third-order valence-electron chi connectivity index (χ3n) is 2.86. The monoisotopic (exact) mass is 558 g/mol. The summed E-state index contributed by atoms with van der Waals surface area (Å²) in [6, 6.07) is 19.4. The van der Waals surface area contributed by atoms with Crippen LogP contribution in [0.5, 0.6) is 23.3 Å². The molecular weight excluding hydrogens is 539 g/mol. The second-order valence-electron chi connectivity index (χ2n) is 5.32. The van der Waals surface area contributed by atoms with E-state index in [-0.39, 0.29) is 32.6 Å². The van der Waals surface area contributed by atoms with Crippen molar-refractivity contribution in [2.24, 2.45) is 0 Å². The van der Waals surface area contributed by atoms with Crippen LogP contribution in [0.3, 0.4) is 0 Å². The van der Waals surface area contributed by atoms with Crippen LogP contribution in [0, 0.1) is 6.07 Å². The molecule has 0 spiro atoms. The Morgan fingerprint density at radius 3 is 1.71 bits per heavy atom. The van der Waals surface area contributed by atoms with Crippen LogP contribution >= 0.6 is 0 Å². The summed E-state index contributed by atoms with van der Waals surface area (Å²) in [6.45, 7) is 2.85. The van der Waals surface area contributed by atoms with Crippen LogP contribution in [0.25, 0.3) is 0 Å². The van der Waals surface area contributed by atoms with Crippen LogP contribution in [-0.2, 0) is 25.9 Å². The number of aromatic nitrogens is 2. The Hall–Kier alpha value is -2.98. The summed E-state index contributed by atoms with van der Waals surface area (Å²) in [7, 11) is 0. The Morgan fingerprint density at radius 1 is 0.893 bits per heavy atom. The van der Waals surface area contributed by atoms with E-state index in [1.165, 1.54) is 19.9 Å². The van der Waals surface area contributed by atoms with Crippen molar-refractivity contribution in [1.82, 2.24) is 9.97 Å². The largest absolute Gasteiger partial charge is 0.512 e. The molecule has 7 heteroatoms. The van der Waals surface area contributed by atoms with Crippen LogP contribution in [0.2, 0.25) is 0 Å². The maximum absolute atomic E-state index is 10.0. The molecule has 28 heavy (non-hydrogen) atoms. The summed E-state index contributed by atoms with van der Waals surface area (Å²) >= 11 is 0. The van der Waals surface area contributed by atoms with Crippen LogP contribution in [0.15, 0.2) is 78.8 Å². The first-order valence-corrected chi connectivity index (χ1v) is 8.11. The SMILES string of the molecule is CC(=O)/C=C(/C)O.[Pt].[c-]1c(Oc2ccccn2)cccc1Oc1ccccn1. The van der Waals surface area contributed by atoms with Gasteiger partial charge in [-0.1, -0.05) is 18.2 Å². The first-order chi connectivity index (χ1) is 13.0. The fraction of sp³-hybridized carbons (Fsp3) is 0.0952. The summed E-state index contributed by atoms with van der Waals surface area (Å²) in [5.41, 5.74) is 0. The summed E-state index contributed by atoms with van der Waals surface area (Å²) in [5.74, 6) is 2.04. The van der Waals surface area contributed by atoms with E-state index in [1.807, 2.05) is 30.3 Å². The molecule has 0 aliphatic heterocycles. The van der Waals surface area contributed by atoms with Gasteiger partial charge in [-0.25, -0.2) is 9.97 Å². The zero-order valence-electron chi connectivity index (χ0n) is 15.3. The van der Waals surface area contributed by atoms with Gasteiger partial charge in [-0.15, -0.1) is 12.1 Å². The molecule has 1 aromatic carbocycles. The van der Waals surface area contributed by atoms with Crippen LogP contribution in [0.1, 0.15) is 13.8 Å². The van der Waals surface area contributed by atoms with E-state index < -0.39 is 0 Å². The Balaban J connectivity index is 0.000000425. The molecule has 0 unspecified atom stereocenters. The molecule has 3 rings (SSSR count). The molecule has 0 fully saturated rings. The number of carbonyl (C=O) groups is 1. The first-order valence-electron chi connectivity index (χ1n) is 8.11. The van der Waals surface area contributed by atoms with E-state index in [9.17, 15) is 4.79 Å². The number of aliphatic hydroxyl groups excluding tert-OH is 1. The van der Waals surface area contributed by atoms with E-state index in [2.05, 4.69) is 16.0 Å². The Labute approximate surface area is 178 Å². The number of aliphatic hydroxyl groups is 1. The van der Waals surface area contributed by atoms with E-state index in [0.29, 0.717) is 23.3 Å². The average Bonchev–Trinajstić information content (AvgIpc) is 2.63. The summed E-state index contributed by atoms with van der Waals surface area (Å²) in [4.78, 5) is 18.2. The van der Waals surface area contributed by atoms with Crippen molar-refractivity contribution < 1.29 is 40.4 Å². The third-order valence-corrected chi connectivity index (χ3v) is 2.86. The van der Waals surface area contributed by atoms with Gasteiger partial charge in [0.05, 0.1) is 5.76 Å². The van der Waals surface area contributed by atoms with E-state index in [4.69, 9.17) is 14.6 Å². The number of ketones is 1. The van der Waals surface area contributed by atoms with Crippen LogP contribution in [0.4, 0.5) is 0 Å². The van der Waals surface area contributed by atoms with Crippen LogP contribution < -0.4 is 9.47 Å². The van der Waals surface area contributed by atoms with Crippen molar-refractivity contribution >= 4 is 5.78 Å². The molecule has 3 aromatic rings. The number of nitrogens with zero attached hydrogens (tertiary/aromatic N) is 2. The number of hydrogen-bond acceptors (Lipinski definition) is 6. The zero-order valence-corrected chi connectivity index (χ0v) is 17.6. The molecule has 0 aliphatic carbocycles. The number of allylic oxidation sites excluding steroid dienone is 2. The molecule has 0 saturated carbocycles. The van der Waals surface area contributed by atoms with Gasteiger partial charge in [0.15, 0.2) is 5.78 Å². The summed E-state index contributed by atoms with van der Waals surface area (Å²) in [5, 5.41) is 8.36. The topological polar surface area (TPSA) is 81.5 Å². The van der Waals surface area contributed by atoms with E-state index >= 15 is 0 Å².